The lowest BCUT2D eigenvalue weighted by Gasteiger charge is -2.17. The molecule has 0 saturated carbocycles. The number of carboxylic acid groups (broad SMARTS) is 1. The zero-order valence-electron chi connectivity index (χ0n) is 8.05. The van der Waals surface area contributed by atoms with Crippen molar-refractivity contribution in [2.24, 2.45) is 0 Å². The molecule has 3 nitrogen and oxygen atoms in total. The molecule has 0 saturated heterocycles. The molecule has 0 rings (SSSR count). The molecular weight excluding hydrogens is 154 g/mol. The van der Waals surface area contributed by atoms with Crippen LogP contribution in [0.4, 0.5) is 0 Å². The van der Waals surface area contributed by atoms with Crippen molar-refractivity contribution in [2.75, 3.05) is 19.6 Å². The summed E-state index contributed by atoms with van der Waals surface area (Å²) < 4.78 is 0. The molecule has 0 aliphatic heterocycles. The highest BCUT2D eigenvalue weighted by Gasteiger charge is 2.05. The maximum atomic E-state index is 10.4. The van der Waals surface area contributed by atoms with Gasteiger partial charge in [0.05, 0.1) is 6.54 Å². The van der Waals surface area contributed by atoms with Crippen LogP contribution in [0, 0.1) is 0 Å². The highest BCUT2D eigenvalue weighted by atomic mass is 16.4. The summed E-state index contributed by atoms with van der Waals surface area (Å²) in [6, 6.07) is 0. The van der Waals surface area contributed by atoms with E-state index in [1.165, 1.54) is 12.8 Å². The number of nitrogens with zero attached hydrogens (tertiary/aromatic N) is 1. The average Bonchev–Trinajstić information content (AvgIpc) is 2.02. The van der Waals surface area contributed by atoms with Gasteiger partial charge in [0.15, 0.2) is 0 Å². The fraction of sp³-hybridized carbons (Fsp3) is 0.889. The molecule has 3 heteroatoms. The van der Waals surface area contributed by atoms with Gasteiger partial charge in [-0.2, -0.15) is 0 Å². The van der Waals surface area contributed by atoms with Crippen molar-refractivity contribution in [3.05, 3.63) is 0 Å². The first-order chi connectivity index (χ1) is 5.70. The Bertz CT molecular complexity index is 126. The summed E-state index contributed by atoms with van der Waals surface area (Å²) in [6.45, 7) is 6.06. The third-order valence-electron chi connectivity index (χ3n) is 1.88. The number of rotatable bonds is 7. The predicted molar refractivity (Wildman–Crippen MR) is 49.3 cm³/mol. The summed E-state index contributed by atoms with van der Waals surface area (Å²) >= 11 is 0. The van der Waals surface area contributed by atoms with Crippen LogP contribution in [0.1, 0.15) is 33.1 Å². The van der Waals surface area contributed by atoms with Crippen LogP contribution in [0.5, 0.6) is 0 Å². The lowest BCUT2D eigenvalue weighted by atomic mass is 10.2. The van der Waals surface area contributed by atoms with Gasteiger partial charge >= 0.3 is 5.97 Å². The molecule has 0 spiro atoms. The zero-order valence-corrected chi connectivity index (χ0v) is 8.05. The minimum Gasteiger partial charge on any atom is -0.480 e. The first-order valence-electron chi connectivity index (χ1n) is 4.64. The summed E-state index contributed by atoms with van der Waals surface area (Å²) in [6.07, 6.45) is 3.48. The molecule has 12 heavy (non-hydrogen) atoms. The van der Waals surface area contributed by atoms with Crippen molar-refractivity contribution in [2.45, 2.75) is 33.1 Å². The fourth-order valence-electron chi connectivity index (χ4n) is 1.13. The van der Waals surface area contributed by atoms with E-state index in [1.807, 2.05) is 11.8 Å². The predicted octanol–water partition coefficient (Wildman–Crippen LogP) is 1.58. The van der Waals surface area contributed by atoms with Gasteiger partial charge in [0.25, 0.3) is 0 Å². The second-order valence-electron chi connectivity index (χ2n) is 2.97. The smallest absolute Gasteiger partial charge is 0.317 e. The molecule has 0 aliphatic carbocycles. The fourth-order valence-corrected chi connectivity index (χ4v) is 1.13. The Morgan fingerprint density at radius 2 is 2.00 bits per heavy atom. The number of unbranched alkanes of at least 4 members (excludes halogenated alkanes) is 2. The largest absolute Gasteiger partial charge is 0.480 e. The van der Waals surface area contributed by atoms with Gasteiger partial charge in [-0.25, -0.2) is 0 Å². The van der Waals surface area contributed by atoms with Gasteiger partial charge in [-0.1, -0.05) is 26.7 Å². The molecule has 0 heterocycles. The molecule has 0 radical (unpaired) electrons. The molecule has 0 aliphatic rings. The van der Waals surface area contributed by atoms with E-state index in [0.717, 1.165) is 19.5 Å². The van der Waals surface area contributed by atoms with E-state index < -0.39 is 5.97 Å². The quantitative estimate of drug-likeness (QED) is 0.594. The van der Waals surface area contributed by atoms with E-state index in [0.29, 0.717) is 0 Å². The number of hydrogen-bond donors (Lipinski definition) is 1. The van der Waals surface area contributed by atoms with Gasteiger partial charge < -0.3 is 5.11 Å². The topological polar surface area (TPSA) is 40.5 Å². The summed E-state index contributed by atoms with van der Waals surface area (Å²) in [5, 5.41) is 8.53. The van der Waals surface area contributed by atoms with Crippen molar-refractivity contribution in [1.29, 1.82) is 0 Å². The lowest BCUT2D eigenvalue weighted by Crippen LogP contribution is -2.30. The molecule has 1 N–H and O–H groups in total. The van der Waals surface area contributed by atoms with Gasteiger partial charge in [-0.05, 0) is 19.5 Å². The SMILES string of the molecule is CCCCCN(CC)CC(=O)O. The lowest BCUT2D eigenvalue weighted by molar-refractivity contribution is -0.138. The molecular formula is C9H19NO2. The maximum absolute atomic E-state index is 10.4. The molecule has 0 aromatic carbocycles. The van der Waals surface area contributed by atoms with E-state index in [1.54, 1.807) is 0 Å². The Morgan fingerprint density at radius 3 is 2.42 bits per heavy atom. The number of hydrogen-bond acceptors (Lipinski definition) is 2. The van der Waals surface area contributed by atoms with Crippen molar-refractivity contribution < 1.29 is 9.90 Å². The highest BCUT2D eigenvalue weighted by molar-refractivity contribution is 5.69. The van der Waals surface area contributed by atoms with Crippen LogP contribution in [-0.2, 0) is 4.79 Å². The molecule has 0 amide bonds. The van der Waals surface area contributed by atoms with Crippen LogP contribution in [0.15, 0.2) is 0 Å². The molecule has 0 unspecified atom stereocenters. The molecule has 0 fully saturated rings. The Labute approximate surface area is 74.4 Å². The van der Waals surface area contributed by atoms with Gasteiger partial charge in [0.2, 0.25) is 0 Å². The van der Waals surface area contributed by atoms with E-state index >= 15 is 0 Å². The van der Waals surface area contributed by atoms with Crippen molar-refractivity contribution in [3.63, 3.8) is 0 Å². The zero-order chi connectivity index (χ0) is 9.40. The van der Waals surface area contributed by atoms with E-state index in [4.69, 9.17) is 5.11 Å². The second kappa shape index (κ2) is 7.10. The Balaban J connectivity index is 3.46. The minimum absolute atomic E-state index is 0.181. The van der Waals surface area contributed by atoms with Gasteiger partial charge in [-0.15, -0.1) is 0 Å². The highest BCUT2D eigenvalue weighted by Crippen LogP contribution is 1.97. The third-order valence-corrected chi connectivity index (χ3v) is 1.88. The normalized spacial score (nSPS) is 10.6. The molecule has 0 aromatic rings. The van der Waals surface area contributed by atoms with Gasteiger partial charge in [-0.3, -0.25) is 9.69 Å². The van der Waals surface area contributed by atoms with Crippen LogP contribution in [0.2, 0.25) is 0 Å². The molecule has 0 bridgehead atoms. The van der Waals surface area contributed by atoms with E-state index in [2.05, 4.69) is 6.92 Å². The number of likely N-dealkylation sites (N-methyl/N-ethyl adjacent to an activating group) is 1. The van der Waals surface area contributed by atoms with Crippen molar-refractivity contribution in [3.8, 4) is 0 Å². The first-order valence-corrected chi connectivity index (χ1v) is 4.64. The van der Waals surface area contributed by atoms with Crippen molar-refractivity contribution >= 4 is 5.97 Å². The van der Waals surface area contributed by atoms with E-state index in [-0.39, 0.29) is 6.54 Å². The van der Waals surface area contributed by atoms with Crippen molar-refractivity contribution in [1.82, 2.24) is 4.90 Å². The van der Waals surface area contributed by atoms with Gasteiger partial charge in [0, 0.05) is 0 Å². The third kappa shape index (κ3) is 6.16. The monoisotopic (exact) mass is 173 g/mol. The summed E-state index contributed by atoms with van der Waals surface area (Å²) in [5.74, 6) is -0.728. The maximum Gasteiger partial charge on any atom is 0.317 e. The Morgan fingerprint density at radius 1 is 1.33 bits per heavy atom. The number of aliphatic carboxylic acids is 1. The molecule has 72 valence electrons. The van der Waals surface area contributed by atoms with Crippen LogP contribution >= 0.6 is 0 Å². The number of carboxylic acids is 1. The van der Waals surface area contributed by atoms with Gasteiger partial charge in [0.1, 0.15) is 0 Å². The van der Waals surface area contributed by atoms with E-state index in [9.17, 15) is 4.79 Å². The standard InChI is InChI=1S/C9H19NO2/c1-3-5-6-7-10(4-2)8-9(11)12/h3-8H2,1-2H3,(H,11,12). The minimum atomic E-state index is -0.728. The summed E-state index contributed by atoms with van der Waals surface area (Å²) in [5.41, 5.74) is 0. The Kier molecular flexibility index (Phi) is 6.76. The van der Waals surface area contributed by atoms with Crippen LogP contribution in [0.3, 0.4) is 0 Å². The Hall–Kier alpha value is -0.570. The average molecular weight is 173 g/mol. The van der Waals surface area contributed by atoms with Crippen LogP contribution < -0.4 is 0 Å². The van der Waals surface area contributed by atoms with Crippen LogP contribution in [-0.4, -0.2) is 35.6 Å². The first kappa shape index (κ1) is 11.4. The second-order valence-corrected chi connectivity index (χ2v) is 2.97. The number of carbonyl (C=O) groups is 1. The molecule has 0 atom stereocenters. The molecule has 0 aromatic heterocycles. The van der Waals surface area contributed by atoms with Crippen LogP contribution in [0.25, 0.3) is 0 Å². The summed E-state index contributed by atoms with van der Waals surface area (Å²) in [7, 11) is 0. The summed E-state index contributed by atoms with van der Waals surface area (Å²) in [4.78, 5) is 12.3.